The molecule has 0 aliphatic heterocycles. The van der Waals surface area contributed by atoms with E-state index in [4.69, 9.17) is 0 Å². The fourth-order valence-electron chi connectivity index (χ4n) is 5.38. The predicted octanol–water partition coefficient (Wildman–Crippen LogP) is 8.59. The van der Waals surface area contributed by atoms with Crippen molar-refractivity contribution in [3.8, 4) is 33.4 Å². The lowest BCUT2D eigenvalue weighted by Gasteiger charge is -2.23. The lowest BCUT2D eigenvalue weighted by atomic mass is 9.81. The Morgan fingerprint density at radius 2 is 1.26 bits per heavy atom. The van der Waals surface area contributed by atoms with E-state index in [0.717, 1.165) is 12.8 Å². The Balaban J connectivity index is 1.70. The summed E-state index contributed by atoms with van der Waals surface area (Å²) in [6.07, 6.45) is 2.22. The number of aryl methyl sites for hydroxylation is 1. The van der Waals surface area contributed by atoms with Crippen LogP contribution in [0, 0.1) is 6.92 Å². The molecule has 0 spiro atoms. The normalized spacial score (nSPS) is 13.7. The minimum atomic E-state index is 0.0283. The SMILES string of the molecule is CCCc1c(-c2ccc3c(c2)C(C)(C)c2ccccc2-3)cccc1-c1ccccc1C. The maximum absolute atomic E-state index is 2.45. The summed E-state index contributed by atoms with van der Waals surface area (Å²) in [6.45, 7) is 9.21. The Kier molecular flexibility index (Phi) is 4.82. The zero-order valence-electron chi connectivity index (χ0n) is 19.0. The lowest BCUT2D eigenvalue weighted by Crippen LogP contribution is -2.14. The monoisotopic (exact) mass is 402 g/mol. The molecule has 4 aromatic carbocycles. The van der Waals surface area contributed by atoms with Crippen LogP contribution in [0.3, 0.4) is 0 Å². The highest BCUT2D eigenvalue weighted by atomic mass is 14.4. The van der Waals surface area contributed by atoms with Crippen molar-refractivity contribution in [1.82, 2.24) is 0 Å². The largest absolute Gasteiger partial charge is 0.0651 e. The predicted molar refractivity (Wildman–Crippen MR) is 134 cm³/mol. The van der Waals surface area contributed by atoms with E-state index >= 15 is 0 Å². The molecule has 0 nitrogen and oxygen atoms in total. The van der Waals surface area contributed by atoms with Gasteiger partial charge in [0.25, 0.3) is 0 Å². The van der Waals surface area contributed by atoms with Gasteiger partial charge in [-0.2, -0.15) is 0 Å². The molecule has 0 amide bonds. The Morgan fingerprint density at radius 1 is 0.613 bits per heavy atom. The van der Waals surface area contributed by atoms with Crippen LogP contribution < -0.4 is 0 Å². The van der Waals surface area contributed by atoms with Gasteiger partial charge in [0.2, 0.25) is 0 Å². The molecule has 1 aliphatic carbocycles. The number of hydrogen-bond acceptors (Lipinski definition) is 0. The Bertz CT molecular complexity index is 1270. The van der Waals surface area contributed by atoms with Gasteiger partial charge in [-0.3, -0.25) is 0 Å². The van der Waals surface area contributed by atoms with E-state index in [0.29, 0.717) is 0 Å². The van der Waals surface area contributed by atoms with Crippen molar-refractivity contribution in [3.05, 3.63) is 107 Å². The fraction of sp³-hybridized carbons (Fsp3) is 0.226. The first kappa shape index (κ1) is 19.8. The third-order valence-electron chi connectivity index (χ3n) is 7.01. The van der Waals surface area contributed by atoms with Crippen LogP contribution in [0.25, 0.3) is 33.4 Å². The smallest absolute Gasteiger partial charge is 0.0159 e. The van der Waals surface area contributed by atoms with Crippen molar-refractivity contribution >= 4 is 0 Å². The summed E-state index contributed by atoms with van der Waals surface area (Å²) >= 11 is 0. The van der Waals surface area contributed by atoms with Gasteiger partial charge in [0.1, 0.15) is 0 Å². The number of fused-ring (bicyclic) bond motifs is 3. The van der Waals surface area contributed by atoms with Crippen molar-refractivity contribution in [3.63, 3.8) is 0 Å². The van der Waals surface area contributed by atoms with E-state index in [9.17, 15) is 0 Å². The van der Waals surface area contributed by atoms with Crippen molar-refractivity contribution in [2.24, 2.45) is 0 Å². The third-order valence-corrected chi connectivity index (χ3v) is 7.01. The second-order valence-corrected chi connectivity index (χ2v) is 9.33. The highest BCUT2D eigenvalue weighted by molar-refractivity contribution is 5.86. The van der Waals surface area contributed by atoms with Gasteiger partial charge in [-0.05, 0) is 75.0 Å². The highest BCUT2D eigenvalue weighted by Gasteiger charge is 2.35. The Morgan fingerprint density at radius 3 is 2.03 bits per heavy atom. The van der Waals surface area contributed by atoms with Crippen LogP contribution >= 0.6 is 0 Å². The number of benzene rings is 4. The average molecular weight is 403 g/mol. The summed E-state index contributed by atoms with van der Waals surface area (Å²) in [7, 11) is 0. The summed E-state index contributed by atoms with van der Waals surface area (Å²) in [4.78, 5) is 0. The first-order valence-electron chi connectivity index (χ1n) is 11.4. The zero-order valence-corrected chi connectivity index (χ0v) is 19.0. The molecule has 0 fully saturated rings. The van der Waals surface area contributed by atoms with E-state index in [-0.39, 0.29) is 5.41 Å². The highest BCUT2D eigenvalue weighted by Crippen LogP contribution is 2.49. The topological polar surface area (TPSA) is 0 Å². The molecule has 0 saturated carbocycles. The van der Waals surface area contributed by atoms with Crippen LogP contribution in [0.1, 0.15) is 49.4 Å². The molecule has 0 unspecified atom stereocenters. The molecule has 31 heavy (non-hydrogen) atoms. The van der Waals surface area contributed by atoms with Crippen molar-refractivity contribution in [1.29, 1.82) is 0 Å². The Hall–Kier alpha value is -3.12. The minimum absolute atomic E-state index is 0.0283. The average Bonchev–Trinajstić information content (AvgIpc) is 3.02. The van der Waals surface area contributed by atoms with Crippen molar-refractivity contribution < 1.29 is 0 Å². The second-order valence-electron chi connectivity index (χ2n) is 9.33. The van der Waals surface area contributed by atoms with E-state index in [1.165, 1.54) is 55.6 Å². The van der Waals surface area contributed by atoms with Gasteiger partial charge in [0.15, 0.2) is 0 Å². The molecule has 0 aromatic heterocycles. The number of rotatable bonds is 4. The molecule has 0 atom stereocenters. The first-order chi connectivity index (χ1) is 15.0. The maximum Gasteiger partial charge on any atom is 0.0159 e. The van der Waals surface area contributed by atoms with Gasteiger partial charge in [0.05, 0.1) is 0 Å². The molecule has 0 heteroatoms. The summed E-state index contributed by atoms with van der Waals surface area (Å²) in [5.41, 5.74) is 13.9. The molecule has 5 rings (SSSR count). The first-order valence-corrected chi connectivity index (χ1v) is 11.4. The molecule has 4 aromatic rings. The van der Waals surface area contributed by atoms with Crippen LogP contribution in [-0.2, 0) is 11.8 Å². The lowest BCUT2D eigenvalue weighted by molar-refractivity contribution is 0.660. The van der Waals surface area contributed by atoms with Gasteiger partial charge in [-0.15, -0.1) is 0 Å². The summed E-state index contributed by atoms with van der Waals surface area (Å²) in [5, 5.41) is 0. The third kappa shape index (κ3) is 3.13. The summed E-state index contributed by atoms with van der Waals surface area (Å²) < 4.78 is 0. The molecule has 0 saturated heterocycles. The molecule has 154 valence electrons. The van der Waals surface area contributed by atoms with Crippen LogP contribution in [0.5, 0.6) is 0 Å². The maximum atomic E-state index is 2.45. The minimum Gasteiger partial charge on any atom is -0.0651 e. The standard InChI is InChI=1S/C31H30/c1-5-11-25-24(15-10-16-26(25)23-13-7-6-12-21(23)2)22-18-19-28-27-14-8-9-17-29(27)31(3,4)30(28)20-22/h6-10,12-20H,5,11H2,1-4H3. The van der Waals surface area contributed by atoms with Gasteiger partial charge < -0.3 is 0 Å². The molecule has 0 heterocycles. The summed E-state index contributed by atoms with van der Waals surface area (Å²) in [5.74, 6) is 0. The van der Waals surface area contributed by atoms with E-state index in [2.05, 4.69) is 113 Å². The van der Waals surface area contributed by atoms with Gasteiger partial charge in [-0.1, -0.05) is 106 Å². The molecular formula is C31H30. The van der Waals surface area contributed by atoms with Gasteiger partial charge in [0, 0.05) is 5.41 Å². The molecule has 0 radical (unpaired) electrons. The molecule has 0 N–H and O–H groups in total. The number of hydrogen-bond donors (Lipinski definition) is 0. The van der Waals surface area contributed by atoms with Crippen molar-refractivity contribution in [2.45, 2.75) is 46.0 Å². The summed E-state index contributed by atoms with van der Waals surface area (Å²) in [6, 6.07) is 31.6. The van der Waals surface area contributed by atoms with E-state index in [1.807, 2.05) is 0 Å². The quantitative estimate of drug-likeness (QED) is 0.320. The van der Waals surface area contributed by atoms with Crippen LogP contribution in [0.2, 0.25) is 0 Å². The second kappa shape index (κ2) is 7.54. The van der Waals surface area contributed by atoms with Crippen molar-refractivity contribution in [2.75, 3.05) is 0 Å². The molecular weight excluding hydrogens is 372 g/mol. The zero-order chi connectivity index (χ0) is 21.6. The molecule has 0 bridgehead atoms. The molecule has 1 aliphatic rings. The van der Waals surface area contributed by atoms with Crippen LogP contribution in [0.15, 0.2) is 84.9 Å². The fourth-order valence-corrected chi connectivity index (χ4v) is 5.38. The van der Waals surface area contributed by atoms with E-state index in [1.54, 1.807) is 0 Å². The van der Waals surface area contributed by atoms with Crippen LogP contribution in [0.4, 0.5) is 0 Å². The van der Waals surface area contributed by atoms with Gasteiger partial charge >= 0.3 is 0 Å². The van der Waals surface area contributed by atoms with E-state index < -0.39 is 0 Å². The van der Waals surface area contributed by atoms with Crippen LogP contribution in [-0.4, -0.2) is 0 Å². The Labute approximate surface area is 186 Å². The van der Waals surface area contributed by atoms with Gasteiger partial charge in [-0.25, -0.2) is 0 Å².